The number of hydrogen-bond acceptors (Lipinski definition) is 4. The Morgan fingerprint density at radius 3 is 2.73 bits per heavy atom. The van der Waals surface area contributed by atoms with Gasteiger partial charge in [0, 0.05) is 18.4 Å². The summed E-state index contributed by atoms with van der Waals surface area (Å²) in [6, 6.07) is 9.65. The Morgan fingerprint density at radius 1 is 1.23 bits per heavy atom. The molecular weight excluding hydrogens is 276 g/mol. The maximum atomic E-state index is 12.0. The highest BCUT2D eigenvalue weighted by atomic mass is 16.1. The second kappa shape index (κ2) is 7.54. The number of para-hydroxylation sites is 1. The minimum Gasteiger partial charge on any atom is -0.351 e. The number of aromatic nitrogens is 2. The topological polar surface area (TPSA) is 66.9 Å². The Labute approximate surface area is 131 Å². The normalized spacial score (nSPS) is 10.5. The van der Waals surface area contributed by atoms with E-state index in [1.165, 1.54) is 5.56 Å². The molecule has 0 unspecified atom stereocenters. The number of hydrogen-bond donors (Lipinski definition) is 2. The third-order valence-corrected chi connectivity index (χ3v) is 3.25. The molecule has 1 heterocycles. The predicted molar refractivity (Wildman–Crippen MR) is 88.5 cm³/mol. The van der Waals surface area contributed by atoms with E-state index in [9.17, 15) is 4.79 Å². The molecule has 0 aliphatic rings. The first-order valence-electron chi connectivity index (χ1n) is 7.59. The van der Waals surface area contributed by atoms with Gasteiger partial charge in [0.05, 0.1) is 0 Å². The average Bonchev–Trinajstić information content (AvgIpc) is 2.53. The Hall–Kier alpha value is -2.43. The number of benzene rings is 1. The van der Waals surface area contributed by atoms with Crippen LogP contribution in [0.3, 0.4) is 0 Å². The van der Waals surface area contributed by atoms with Gasteiger partial charge in [-0.1, -0.05) is 39.0 Å². The molecule has 0 saturated carbocycles. The van der Waals surface area contributed by atoms with Gasteiger partial charge in [-0.25, -0.2) is 9.97 Å². The van der Waals surface area contributed by atoms with Crippen molar-refractivity contribution >= 4 is 17.5 Å². The Kier molecular flexibility index (Phi) is 5.47. The number of nitrogens with one attached hydrogen (secondary N) is 2. The van der Waals surface area contributed by atoms with E-state index in [-0.39, 0.29) is 5.91 Å². The van der Waals surface area contributed by atoms with Crippen molar-refractivity contribution in [3.8, 4) is 0 Å². The van der Waals surface area contributed by atoms with Crippen molar-refractivity contribution in [2.45, 2.75) is 33.1 Å². The first-order chi connectivity index (χ1) is 10.6. The largest absolute Gasteiger partial charge is 0.351 e. The van der Waals surface area contributed by atoms with Crippen LogP contribution in [0.5, 0.6) is 0 Å². The molecule has 116 valence electrons. The first kappa shape index (κ1) is 15.9. The van der Waals surface area contributed by atoms with Gasteiger partial charge in [0.25, 0.3) is 5.91 Å². The molecule has 2 aromatic rings. The summed E-state index contributed by atoms with van der Waals surface area (Å²) < 4.78 is 0. The van der Waals surface area contributed by atoms with Gasteiger partial charge in [0.2, 0.25) is 5.95 Å². The monoisotopic (exact) mass is 298 g/mol. The maximum Gasteiger partial charge on any atom is 0.270 e. The van der Waals surface area contributed by atoms with Gasteiger partial charge in [-0.15, -0.1) is 0 Å². The zero-order chi connectivity index (χ0) is 15.9. The van der Waals surface area contributed by atoms with Crippen LogP contribution in [-0.4, -0.2) is 22.4 Å². The van der Waals surface area contributed by atoms with Gasteiger partial charge in [-0.2, -0.15) is 0 Å². The molecular formula is C17H22N4O. The predicted octanol–water partition coefficient (Wildman–Crippen LogP) is 3.48. The molecule has 0 radical (unpaired) electrons. The van der Waals surface area contributed by atoms with Gasteiger partial charge < -0.3 is 10.6 Å². The van der Waals surface area contributed by atoms with Crippen LogP contribution in [0.2, 0.25) is 0 Å². The molecule has 0 spiro atoms. The van der Waals surface area contributed by atoms with Gasteiger partial charge in [0.1, 0.15) is 5.69 Å². The molecule has 0 saturated heterocycles. The van der Waals surface area contributed by atoms with E-state index in [2.05, 4.69) is 40.5 Å². The second-order valence-corrected chi connectivity index (χ2v) is 5.39. The molecule has 5 nitrogen and oxygen atoms in total. The standard InChI is InChI=1S/C17H22N4O/c1-4-10-18-16(22)15-9-11-19-17(21-15)20-14-8-6-5-7-13(14)12(2)3/h5-9,11-12H,4,10H2,1-3H3,(H,18,22)(H,19,20,21). The smallest absolute Gasteiger partial charge is 0.270 e. The van der Waals surface area contributed by atoms with Gasteiger partial charge >= 0.3 is 0 Å². The fourth-order valence-corrected chi connectivity index (χ4v) is 2.11. The zero-order valence-corrected chi connectivity index (χ0v) is 13.3. The number of anilines is 2. The number of nitrogens with zero attached hydrogens (tertiary/aromatic N) is 2. The van der Waals surface area contributed by atoms with Crippen molar-refractivity contribution in [3.05, 3.63) is 47.8 Å². The number of carbonyl (C=O) groups is 1. The van der Waals surface area contributed by atoms with Gasteiger partial charge in [0.15, 0.2) is 0 Å². The fraction of sp³-hybridized carbons (Fsp3) is 0.353. The summed E-state index contributed by atoms with van der Waals surface area (Å²) in [6.45, 7) is 6.92. The SMILES string of the molecule is CCCNC(=O)c1ccnc(Nc2ccccc2C(C)C)n1. The lowest BCUT2D eigenvalue weighted by atomic mass is 10.0. The Morgan fingerprint density at radius 2 is 2.00 bits per heavy atom. The minimum atomic E-state index is -0.176. The Bertz CT molecular complexity index is 640. The van der Waals surface area contributed by atoms with E-state index >= 15 is 0 Å². The average molecular weight is 298 g/mol. The highest BCUT2D eigenvalue weighted by Crippen LogP contribution is 2.25. The molecule has 1 aromatic heterocycles. The van der Waals surface area contributed by atoms with Crippen LogP contribution in [0, 0.1) is 0 Å². The molecule has 0 atom stereocenters. The summed E-state index contributed by atoms with van der Waals surface area (Å²) in [5.41, 5.74) is 2.52. The number of amides is 1. The third-order valence-electron chi connectivity index (χ3n) is 3.25. The van der Waals surface area contributed by atoms with Crippen LogP contribution < -0.4 is 10.6 Å². The molecule has 1 amide bonds. The van der Waals surface area contributed by atoms with E-state index in [1.807, 2.05) is 25.1 Å². The molecule has 0 aliphatic heterocycles. The van der Waals surface area contributed by atoms with Crippen LogP contribution >= 0.6 is 0 Å². The lowest BCUT2D eigenvalue weighted by Gasteiger charge is -2.13. The van der Waals surface area contributed by atoms with Crippen LogP contribution in [0.1, 0.15) is 49.2 Å². The van der Waals surface area contributed by atoms with Crippen molar-refractivity contribution in [1.82, 2.24) is 15.3 Å². The highest BCUT2D eigenvalue weighted by molar-refractivity contribution is 5.92. The van der Waals surface area contributed by atoms with Crippen molar-refractivity contribution in [2.24, 2.45) is 0 Å². The molecule has 1 aromatic carbocycles. The van der Waals surface area contributed by atoms with Crippen LogP contribution in [0.4, 0.5) is 11.6 Å². The molecule has 0 fully saturated rings. The van der Waals surface area contributed by atoms with Crippen LogP contribution in [0.25, 0.3) is 0 Å². The molecule has 22 heavy (non-hydrogen) atoms. The van der Waals surface area contributed by atoms with Crippen molar-refractivity contribution in [2.75, 3.05) is 11.9 Å². The van der Waals surface area contributed by atoms with E-state index in [0.29, 0.717) is 24.1 Å². The van der Waals surface area contributed by atoms with Crippen molar-refractivity contribution < 1.29 is 4.79 Å². The summed E-state index contributed by atoms with van der Waals surface area (Å²) in [5.74, 6) is 0.640. The van der Waals surface area contributed by atoms with E-state index in [4.69, 9.17) is 0 Å². The van der Waals surface area contributed by atoms with Crippen LogP contribution in [-0.2, 0) is 0 Å². The summed E-state index contributed by atoms with van der Waals surface area (Å²) in [5, 5.41) is 6.02. The fourth-order valence-electron chi connectivity index (χ4n) is 2.11. The van der Waals surface area contributed by atoms with Gasteiger partial charge in [-0.05, 0) is 30.0 Å². The summed E-state index contributed by atoms with van der Waals surface area (Å²) in [7, 11) is 0. The third kappa shape index (κ3) is 4.04. The molecule has 0 bridgehead atoms. The van der Waals surface area contributed by atoms with E-state index < -0.39 is 0 Å². The summed E-state index contributed by atoms with van der Waals surface area (Å²) in [6.07, 6.45) is 2.48. The quantitative estimate of drug-likeness (QED) is 0.856. The summed E-state index contributed by atoms with van der Waals surface area (Å²) in [4.78, 5) is 20.4. The first-order valence-corrected chi connectivity index (χ1v) is 7.59. The summed E-state index contributed by atoms with van der Waals surface area (Å²) >= 11 is 0. The lowest BCUT2D eigenvalue weighted by Crippen LogP contribution is -2.25. The Balaban J connectivity index is 2.19. The molecule has 2 rings (SSSR count). The van der Waals surface area contributed by atoms with Crippen LogP contribution in [0.15, 0.2) is 36.5 Å². The second-order valence-electron chi connectivity index (χ2n) is 5.39. The van der Waals surface area contributed by atoms with Crippen molar-refractivity contribution in [1.29, 1.82) is 0 Å². The number of rotatable bonds is 6. The molecule has 2 N–H and O–H groups in total. The van der Waals surface area contributed by atoms with E-state index in [1.54, 1.807) is 12.3 Å². The minimum absolute atomic E-state index is 0.176. The van der Waals surface area contributed by atoms with E-state index in [0.717, 1.165) is 12.1 Å². The molecule has 5 heteroatoms. The highest BCUT2D eigenvalue weighted by Gasteiger charge is 2.10. The molecule has 0 aliphatic carbocycles. The maximum absolute atomic E-state index is 12.0. The van der Waals surface area contributed by atoms with Crippen molar-refractivity contribution in [3.63, 3.8) is 0 Å². The zero-order valence-electron chi connectivity index (χ0n) is 13.3. The number of carbonyl (C=O) groups excluding carboxylic acids is 1. The van der Waals surface area contributed by atoms with Gasteiger partial charge in [-0.3, -0.25) is 4.79 Å². The lowest BCUT2D eigenvalue weighted by molar-refractivity contribution is 0.0948.